The van der Waals surface area contributed by atoms with Gasteiger partial charge >= 0.3 is 0 Å². The van der Waals surface area contributed by atoms with E-state index in [0.29, 0.717) is 23.9 Å². The molecule has 0 saturated carbocycles. The Morgan fingerprint density at radius 3 is 2.56 bits per heavy atom. The molecular weight excluding hydrogens is 490 g/mol. The van der Waals surface area contributed by atoms with Crippen molar-refractivity contribution >= 4 is 27.8 Å². The van der Waals surface area contributed by atoms with Gasteiger partial charge in [0, 0.05) is 37.9 Å². The summed E-state index contributed by atoms with van der Waals surface area (Å²) in [5, 5.41) is 7.66. The SMILES string of the molecule is CN1CCN(c2cncc3[nH]c(-c4n[nH]c5ccc(-c6cncc(OCc7ccccc7)c6)nc45)nc23)CC1. The maximum absolute atomic E-state index is 5.98. The van der Waals surface area contributed by atoms with Gasteiger partial charge in [0.25, 0.3) is 0 Å². The lowest BCUT2D eigenvalue weighted by atomic mass is 10.1. The number of ether oxygens (including phenoxy) is 1. The minimum Gasteiger partial charge on any atom is -0.487 e. The van der Waals surface area contributed by atoms with Crippen molar-refractivity contribution in [1.29, 1.82) is 0 Å². The number of anilines is 1. The highest BCUT2D eigenvalue weighted by molar-refractivity contribution is 5.94. The van der Waals surface area contributed by atoms with Gasteiger partial charge in [-0.1, -0.05) is 30.3 Å². The molecule has 194 valence electrons. The van der Waals surface area contributed by atoms with Gasteiger partial charge in [-0.2, -0.15) is 5.10 Å². The lowest BCUT2D eigenvalue weighted by molar-refractivity contribution is 0.305. The quantitative estimate of drug-likeness (QED) is 0.337. The van der Waals surface area contributed by atoms with Gasteiger partial charge in [0.2, 0.25) is 0 Å². The van der Waals surface area contributed by atoms with E-state index in [2.05, 4.69) is 42.0 Å². The van der Waals surface area contributed by atoms with E-state index in [0.717, 1.165) is 70.8 Å². The number of fused-ring (bicyclic) bond motifs is 2. The number of hydrogen-bond donors (Lipinski definition) is 2. The van der Waals surface area contributed by atoms with Crippen molar-refractivity contribution in [1.82, 2.24) is 40.0 Å². The molecule has 1 fully saturated rings. The van der Waals surface area contributed by atoms with Crippen LogP contribution in [0.1, 0.15) is 5.56 Å². The molecule has 0 aliphatic carbocycles. The molecule has 1 aliphatic rings. The highest BCUT2D eigenvalue weighted by atomic mass is 16.5. The van der Waals surface area contributed by atoms with Crippen molar-refractivity contribution in [3.8, 4) is 28.5 Å². The number of nitrogens with zero attached hydrogens (tertiary/aromatic N) is 7. The van der Waals surface area contributed by atoms with Gasteiger partial charge in [0.05, 0.1) is 41.0 Å². The number of piperazine rings is 1. The first kappa shape index (κ1) is 23.3. The molecule has 2 N–H and O–H groups in total. The predicted octanol–water partition coefficient (Wildman–Crippen LogP) is 4.29. The van der Waals surface area contributed by atoms with Crippen LogP contribution < -0.4 is 9.64 Å². The van der Waals surface area contributed by atoms with Crippen LogP contribution in [-0.4, -0.2) is 73.2 Å². The summed E-state index contributed by atoms with van der Waals surface area (Å²) in [6.07, 6.45) is 7.22. The largest absolute Gasteiger partial charge is 0.487 e. The van der Waals surface area contributed by atoms with Crippen molar-refractivity contribution < 1.29 is 4.74 Å². The van der Waals surface area contributed by atoms with Crippen LogP contribution in [0.25, 0.3) is 44.8 Å². The molecule has 0 spiro atoms. The lowest BCUT2D eigenvalue weighted by Gasteiger charge is -2.33. The van der Waals surface area contributed by atoms with Gasteiger partial charge < -0.3 is 19.5 Å². The Bertz CT molecular complexity index is 1750. The number of rotatable bonds is 6. The smallest absolute Gasteiger partial charge is 0.161 e. The first-order valence-electron chi connectivity index (χ1n) is 13.0. The molecule has 10 nitrogen and oxygen atoms in total. The van der Waals surface area contributed by atoms with Crippen LogP contribution in [0.4, 0.5) is 5.69 Å². The van der Waals surface area contributed by atoms with E-state index in [-0.39, 0.29) is 0 Å². The van der Waals surface area contributed by atoms with Gasteiger partial charge in [-0.25, -0.2) is 9.97 Å². The fraction of sp³-hybridized carbons (Fsp3) is 0.207. The number of imidazole rings is 1. The molecule has 0 bridgehead atoms. The molecule has 1 saturated heterocycles. The van der Waals surface area contributed by atoms with Crippen LogP contribution in [0, 0.1) is 0 Å². The van der Waals surface area contributed by atoms with Crippen LogP contribution >= 0.6 is 0 Å². The van der Waals surface area contributed by atoms with Crippen LogP contribution in [0.15, 0.2) is 73.3 Å². The summed E-state index contributed by atoms with van der Waals surface area (Å²) in [6.45, 7) is 4.38. The van der Waals surface area contributed by atoms with E-state index in [1.54, 1.807) is 12.4 Å². The molecule has 0 amide bonds. The summed E-state index contributed by atoms with van der Waals surface area (Å²) in [6, 6.07) is 16.0. The Kier molecular flexibility index (Phi) is 5.86. The average molecular weight is 518 g/mol. The number of benzene rings is 1. The monoisotopic (exact) mass is 517 g/mol. The molecule has 7 rings (SSSR count). The summed E-state index contributed by atoms with van der Waals surface area (Å²) >= 11 is 0. The van der Waals surface area contributed by atoms with Crippen molar-refractivity contribution in [2.45, 2.75) is 6.61 Å². The fourth-order valence-electron chi connectivity index (χ4n) is 4.91. The number of pyridine rings is 3. The maximum atomic E-state index is 5.98. The van der Waals surface area contributed by atoms with Crippen LogP contribution in [-0.2, 0) is 6.61 Å². The lowest BCUT2D eigenvalue weighted by Crippen LogP contribution is -2.44. The third-order valence-corrected chi connectivity index (χ3v) is 7.11. The summed E-state index contributed by atoms with van der Waals surface area (Å²) in [7, 11) is 2.15. The Labute approximate surface area is 224 Å². The summed E-state index contributed by atoms with van der Waals surface area (Å²) in [4.78, 5) is 26.9. The average Bonchev–Trinajstić information content (AvgIpc) is 3.61. The molecule has 5 aromatic heterocycles. The van der Waals surface area contributed by atoms with Gasteiger partial charge in [-0.15, -0.1) is 0 Å². The fourth-order valence-corrected chi connectivity index (χ4v) is 4.91. The summed E-state index contributed by atoms with van der Waals surface area (Å²) in [5.41, 5.74) is 7.77. The molecule has 1 aromatic carbocycles. The number of hydrogen-bond acceptors (Lipinski definition) is 8. The van der Waals surface area contributed by atoms with Crippen LogP contribution in [0.3, 0.4) is 0 Å². The molecule has 39 heavy (non-hydrogen) atoms. The number of aromatic nitrogens is 7. The number of H-pyrrole nitrogens is 2. The minimum absolute atomic E-state index is 0.474. The first-order chi connectivity index (χ1) is 19.2. The topological polar surface area (TPSA) is 112 Å². The predicted molar refractivity (Wildman–Crippen MR) is 150 cm³/mol. The van der Waals surface area contributed by atoms with Crippen molar-refractivity contribution in [3.63, 3.8) is 0 Å². The zero-order valence-electron chi connectivity index (χ0n) is 21.5. The van der Waals surface area contributed by atoms with Crippen LogP contribution in [0.5, 0.6) is 5.75 Å². The van der Waals surface area contributed by atoms with Crippen molar-refractivity contribution in [2.75, 3.05) is 38.1 Å². The highest BCUT2D eigenvalue weighted by Gasteiger charge is 2.21. The van der Waals surface area contributed by atoms with E-state index in [4.69, 9.17) is 14.7 Å². The Hall–Kier alpha value is -4.83. The first-order valence-corrected chi connectivity index (χ1v) is 13.0. The third kappa shape index (κ3) is 4.55. The van der Waals surface area contributed by atoms with Gasteiger partial charge in [0.1, 0.15) is 23.4 Å². The normalized spacial score (nSPS) is 14.3. The third-order valence-electron chi connectivity index (χ3n) is 7.11. The van der Waals surface area contributed by atoms with Crippen molar-refractivity contribution in [3.05, 3.63) is 78.9 Å². The van der Waals surface area contributed by atoms with E-state index < -0.39 is 0 Å². The zero-order chi connectivity index (χ0) is 26.2. The Morgan fingerprint density at radius 1 is 0.846 bits per heavy atom. The van der Waals surface area contributed by atoms with Gasteiger partial charge in [-0.05, 0) is 30.8 Å². The molecule has 6 heterocycles. The summed E-state index contributed by atoms with van der Waals surface area (Å²) < 4.78 is 5.98. The second kappa shape index (κ2) is 9.80. The minimum atomic E-state index is 0.474. The molecule has 10 heteroatoms. The van der Waals surface area contributed by atoms with Gasteiger partial charge in [-0.3, -0.25) is 15.1 Å². The van der Waals surface area contributed by atoms with Crippen LogP contribution in [0.2, 0.25) is 0 Å². The molecule has 0 unspecified atom stereocenters. The number of nitrogens with one attached hydrogen (secondary N) is 2. The van der Waals surface area contributed by atoms with E-state index in [1.807, 2.05) is 60.9 Å². The standard InChI is InChI=1S/C29H27N9O/c1-37-9-11-38(12-10-37)25-17-31-16-24-26(25)34-29(33-24)28-27-23(35-36-28)8-7-22(32-27)20-13-21(15-30-14-20)39-18-19-5-3-2-4-6-19/h2-8,13-17H,9-12,18H2,1H3,(H,33,34)(H,35,36). The molecule has 0 atom stereocenters. The molecule has 0 radical (unpaired) electrons. The maximum Gasteiger partial charge on any atom is 0.161 e. The Balaban J connectivity index is 1.20. The zero-order valence-corrected chi connectivity index (χ0v) is 21.5. The highest BCUT2D eigenvalue weighted by Crippen LogP contribution is 2.31. The summed E-state index contributed by atoms with van der Waals surface area (Å²) in [5.74, 6) is 1.34. The van der Waals surface area contributed by atoms with E-state index >= 15 is 0 Å². The van der Waals surface area contributed by atoms with E-state index in [1.165, 1.54) is 0 Å². The van der Waals surface area contributed by atoms with Gasteiger partial charge in [0.15, 0.2) is 11.5 Å². The number of likely N-dealkylation sites (N-methyl/N-ethyl adjacent to an activating group) is 1. The Morgan fingerprint density at radius 2 is 1.69 bits per heavy atom. The van der Waals surface area contributed by atoms with Crippen molar-refractivity contribution in [2.24, 2.45) is 0 Å². The molecular formula is C29H27N9O. The molecule has 1 aliphatic heterocycles. The second-order valence-electron chi connectivity index (χ2n) is 9.78. The number of aromatic amines is 2. The molecule has 6 aromatic rings. The second-order valence-corrected chi connectivity index (χ2v) is 9.78. The van der Waals surface area contributed by atoms with E-state index in [9.17, 15) is 0 Å².